The van der Waals surface area contributed by atoms with Gasteiger partial charge in [-0.05, 0) is 33.6 Å². The molecule has 0 spiro atoms. The molecule has 102 valence electrons. The van der Waals surface area contributed by atoms with Crippen molar-refractivity contribution < 1.29 is 9.72 Å². The number of carbonyl (C=O) groups excluding carboxylic acids is 1. The molecule has 0 radical (unpaired) electrons. The molecule has 1 heterocycles. The number of hydrogen-bond acceptors (Lipinski definition) is 4. The molecule has 0 aliphatic heterocycles. The van der Waals surface area contributed by atoms with Crippen molar-refractivity contribution in [3.05, 3.63) is 68.4 Å². The van der Waals surface area contributed by atoms with Crippen LogP contribution in [-0.4, -0.2) is 15.8 Å². The van der Waals surface area contributed by atoms with Crippen LogP contribution in [0.5, 0.6) is 0 Å². The Labute approximate surface area is 123 Å². The van der Waals surface area contributed by atoms with Gasteiger partial charge in [-0.25, -0.2) is 4.98 Å². The maximum absolute atomic E-state index is 11.9. The highest BCUT2D eigenvalue weighted by atomic mass is 79.9. The van der Waals surface area contributed by atoms with Crippen molar-refractivity contribution in [2.24, 2.45) is 0 Å². The number of non-ortho nitro benzene ring substituents is 1. The van der Waals surface area contributed by atoms with Gasteiger partial charge in [0.15, 0.2) is 0 Å². The van der Waals surface area contributed by atoms with Crippen LogP contribution in [0, 0.1) is 10.1 Å². The predicted octanol–water partition coefficient (Wildman–Crippen LogP) is 2.68. The van der Waals surface area contributed by atoms with Crippen molar-refractivity contribution in [3.63, 3.8) is 0 Å². The zero-order valence-electron chi connectivity index (χ0n) is 10.2. The van der Waals surface area contributed by atoms with Gasteiger partial charge < -0.3 is 5.32 Å². The molecule has 6 nitrogen and oxygen atoms in total. The second kappa shape index (κ2) is 6.25. The summed E-state index contributed by atoms with van der Waals surface area (Å²) < 4.78 is 0.594. The lowest BCUT2D eigenvalue weighted by molar-refractivity contribution is -0.384. The van der Waals surface area contributed by atoms with Crippen LogP contribution in [0.4, 0.5) is 5.69 Å². The van der Waals surface area contributed by atoms with Crippen molar-refractivity contribution in [2.75, 3.05) is 0 Å². The van der Waals surface area contributed by atoms with E-state index in [1.54, 1.807) is 24.3 Å². The molecule has 0 atom stereocenters. The van der Waals surface area contributed by atoms with E-state index in [0.29, 0.717) is 10.0 Å². The molecule has 0 saturated carbocycles. The minimum Gasteiger partial charge on any atom is -0.347 e. The molecular weight excluding hydrogens is 326 g/mol. The molecule has 20 heavy (non-hydrogen) atoms. The summed E-state index contributed by atoms with van der Waals surface area (Å²) in [7, 11) is 0. The number of nitrogens with one attached hydrogen (secondary N) is 1. The lowest BCUT2D eigenvalue weighted by Gasteiger charge is -2.06. The van der Waals surface area contributed by atoms with Crippen molar-refractivity contribution in [2.45, 2.75) is 6.54 Å². The molecule has 7 heteroatoms. The van der Waals surface area contributed by atoms with Gasteiger partial charge >= 0.3 is 0 Å². The van der Waals surface area contributed by atoms with Crippen molar-refractivity contribution in [3.8, 4) is 0 Å². The summed E-state index contributed by atoms with van der Waals surface area (Å²) in [6, 6.07) is 9.54. The van der Waals surface area contributed by atoms with E-state index < -0.39 is 4.92 Å². The summed E-state index contributed by atoms with van der Waals surface area (Å²) in [5, 5.41) is 13.3. The highest BCUT2D eigenvalue weighted by Crippen LogP contribution is 2.15. The number of nitrogens with zero attached hydrogens (tertiary/aromatic N) is 2. The first kappa shape index (κ1) is 14.1. The Morgan fingerprint density at radius 3 is 2.85 bits per heavy atom. The molecule has 1 aromatic carbocycles. The van der Waals surface area contributed by atoms with Gasteiger partial charge in [-0.1, -0.05) is 12.1 Å². The van der Waals surface area contributed by atoms with E-state index in [0.717, 1.165) is 0 Å². The van der Waals surface area contributed by atoms with Crippen molar-refractivity contribution in [1.29, 1.82) is 0 Å². The first-order valence-electron chi connectivity index (χ1n) is 5.70. The molecule has 2 aromatic rings. The van der Waals surface area contributed by atoms with E-state index in [1.165, 1.54) is 18.3 Å². The fourth-order valence-corrected chi connectivity index (χ4v) is 2.03. The first-order chi connectivity index (χ1) is 9.58. The highest BCUT2D eigenvalue weighted by molar-refractivity contribution is 9.10. The predicted molar refractivity (Wildman–Crippen MR) is 76.2 cm³/mol. The van der Waals surface area contributed by atoms with E-state index in [9.17, 15) is 14.9 Å². The smallest absolute Gasteiger partial charge is 0.271 e. The third kappa shape index (κ3) is 3.39. The number of nitro groups is 1. The fourth-order valence-electron chi connectivity index (χ4n) is 1.60. The zero-order chi connectivity index (χ0) is 14.5. The molecule has 1 amide bonds. The molecule has 2 rings (SSSR count). The Morgan fingerprint density at radius 1 is 1.35 bits per heavy atom. The summed E-state index contributed by atoms with van der Waals surface area (Å²) in [6.07, 6.45) is 1.52. The minimum absolute atomic E-state index is 0.00392. The fraction of sp³-hybridized carbons (Fsp3) is 0.0769. The molecule has 0 unspecified atom stereocenters. The topological polar surface area (TPSA) is 85.1 Å². The van der Waals surface area contributed by atoms with Gasteiger partial charge in [0.05, 0.1) is 4.92 Å². The summed E-state index contributed by atoms with van der Waals surface area (Å²) in [4.78, 5) is 26.1. The molecule has 0 fully saturated rings. The molecule has 0 saturated heterocycles. The number of pyridine rings is 1. The molecular formula is C13H10BrN3O3. The van der Waals surface area contributed by atoms with E-state index in [1.807, 2.05) is 0 Å². The Kier molecular flexibility index (Phi) is 4.41. The first-order valence-corrected chi connectivity index (χ1v) is 6.49. The third-order valence-electron chi connectivity index (χ3n) is 2.55. The largest absolute Gasteiger partial charge is 0.347 e. The number of nitro benzene ring substituents is 1. The standard InChI is InChI=1S/C13H10BrN3O3/c14-11-5-2-6-15-12(11)13(18)16-8-9-3-1-4-10(7-9)17(19)20/h1-7H,8H2,(H,16,18). The second-order valence-electron chi connectivity index (χ2n) is 3.94. The number of rotatable bonds is 4. The van der Waals surface area contributed by atoms with E-state index >= 15 is 0 Å². The number of amides is 1. The van der Waals surface area contributed by atoms with Crippen molar-refractivity contribution in [1.82, 2.24) is 10.3 Å². The van der Waals surface area contributed by atoms with Gasteiger partial charge in [0.25, 0.3) is 11.6 Å². The normalized spacial score (nSPS) is 10.1. The molecule has 0 aliphatic rings. The summed E-state index contributed by atoms with van der Waals surface area (Å²) in [6.45, 7) is 0.198. The van der Waals surface area contributed by atoms with Crippen LogP contribution < -0.4 is 5.32 Å². The molecule has 1 aromatic heterocycles. The molecule has 1 N–H and O–H groups in total. The lowest BCUT2D eigenvalue weighted by atomic mass is 10.2. The Morgan fingerprint density at radius 2 is 2.15 bits per heavy atom. The average Bonchev–Trinajstić information content (AvgIpc) is 2.45. The van der Waals surface area contributed by atoms with Crippen LogP contribution in [0.2, 0.25) is 0 Å². The second-order valence-corrected chi connectivity index (χ2v) is 4.80. The quantitative estimate of drug-likeness (QED) is 0.687. The van der Waals surface area contributed by atoms with E-state index in [4.69, 9.17) is 0 Å². The van der Waals surface area contributed by atoms with Gasteiger partial charge in [-0.3, -0.25) is 14.9 Å². The molecule has 0 bridgehead atoms. The van der Waals surface area contributed by atoms with E-state index in [2.05, 4.69) is 26.2 Å². The van der Waals surface area contributed by atoms with Gasteiger partial charge in [0.1, 0.15) is 5.69 Å². The summed E-state index contributed by atoms with van der Waals surface area (Å²) in [5.74, 6) is -0.344. The third-order valence-corrected chi connectivity index (χ3v) is 3.19. The van der Waals surface area contributed by atoms with Crippen LogP contribution in [0.15, 0.2) is 47.1 Å². The minimum atomic E-state index is -0.472. The Balaban J connectivity index is 2.06. The van der Waals surface area contributed by atoms with Crippen LogP contribution in [-0.2, 0) is 6.54 Å². The maximum atomic E-state index is 11.9. The highest BCUT2D eigenvalue weighted by Gasteiger charge is 2.11. The van der Waals surface area contributed by atoms with Gasteiger partial charge in [-0.15, -0.1) is 0 Å². The van der Waals surface area contributed by atoms with Crippen LogP contribution in [0.3, 0.4) is 0 Å². The number of benzene rings is 1. The van der Waals surface area contributed by atoms with Gasteiger partial charge in [0.2, 0.25) is 0 Å². The number of aromatic nitrogens is 1. The SMILES string of the molecule is O=C(NCc1cccc([N+](=O)[O-])c1)c1ncccc1Br. The maximum Gasteiger partial charge on any atom is 0.271 e. The Bertz CT molecular complexity index is 661. The zero-order valence-corrected chi connectivity index (χ0v) is 11.8. The lowest BCUT2D eigenvalue weighted by Crippen LogP contribution is -2.24. The Hall–Kier alpha value is -2.28. The number of halogens is 1. The summed E-state index contributed by atoms with van der Waals surface area (Å²) in [5.41, 5.74) is 0.924. The monoisotopic (exact) mass is 335 g/mol. The number of carbonyl (C=O) groups is 1. The average molecular weight is 336 g/mol. The van der Waals surface area contributed by atoms with Crippen LogP contribution in [0.25, 0.3) is 0 Å². The van der Waals surface area contributed by atoms with Crippen molar-refractivity contribution >= 4 is 27.5 Å². The van der Waals surface area contributed by atoms with Gasteiger partial charge in [-0.2, -0.15) is 0 Å². The van der Waals surface area contributed by atoms with Crippen LogP contribution >= 0.6 is 15.9 Å². The summed E-state index contributed by atoms with van der Waals surface area (Å²) >= 11 is 3.24. The van der Waals surface area contributed by atoms with Gasteiger partial charge in [0, 0.05) is 29.3 Å². The number of hydrogen-bond donors (Lipinski definition) is 1. The van der Waals surface area contributed by atoms with Crippen LogP contribution in [0.1, 0.15) is 16.1 Å². The molecule has 0 aliphatic carbocycles. The van der Waals surface area contributed by atoms with E-state index in [-0.39, 0.29) is 23.8 Å².